The highest BCUT2D eigenvalue weighted by Crippen LogP contribution is 2.30. The molecule has 0 amide bonds. The number of aliphatic hydroxyl groups excluding tert-OH is 1. The van der Waals surface area contributed by atoms with Gasteiger partial charge in [0.25, 0.3) is 0 Å². The van der Waals surface area contributed by atoms with Gasteiger partial charge >= 0.3 is 5.97 Å². The summed E-state index contributed by atoms with van der Waals surface area (Å²) in [6, 6.07) is 0. The van der Waals surface area contributed by atoms with Crippen molar-refractivity contribution < 1.29 is 15.0 Å². The monoisotopic (exact) mass is 172 g/mol. The van der Waals surface area contributed by atoms with E-state index in [1.165, 1.54) is 0 Å². The van der Waals surface area contributed by atoms with Crippen LogP contribution in [0.1, 0.15) is 32.6 Å². The maximum Gasteiger partial charge on any atom is 0.306 e. The van der Waals surface area contributed by atoms with Gasteiger partial charge in [-0.15, -0.1) is 0 Å². The second-order valence-corrected chi connectivity index (χ2v) is 3.64. The van der Waals surface area contributed by atoms with E-state index in [0.29, 0.717) is 0 Å². The number of aliphatic carboxylic acids is 1. The van der Waals surface area contributed by atoms with Gasteiger partial charge in [0.15, 0.2) is 0 Å². The predicted octanol–water partition coefficient (Wildman–Crippen LogP) is 1.26. The Kier molecular flexibility index (Phi) is 3.09. The molecule has 12 heavy (non-hydrogen) atoms. The van der Waals surface area contributed by atoms with Crippen LogP contribution in [-0.2, 0) is 4.79 Å². The van der Waals surface area contributed by atoms with Gasteiger partial charge in [-0.05, 0) is 18.8 Å². The first-order valence-corrected chi connectivity index (χ1v) is 4.54. The van der Waals surface area contributed by atoms with Crippen LogP contribution < -0.4 is 0 Å². The molecule has 1 unspecified atom stereocenters. The second kappa shape index (κ2) is 3.90. The van der Waals surface area contributed by atoms with Crippen LogP contribution in [0.15, 0.2) is 0 Å². The van der Waals surface area contributed by atoms with Crippen molar-refractivity contribution in [2.24, 2.45) is 11.8 Å². The third kappa shape index (κ3) is 1.97. The lowest BCUT2D eigenvalue weighted by molar-refractivity contribution is -0.145. The summed E-state index contributed by atoms with van der Waals surface area (Å²) in [4.78, 5) is 10.6. The van der Waals surface area contributed by atoms with Gasteiger partial charge in [-0.3, -0.25) is 4.79 Å². The smallest absolute Gasteiger partial charge is 0.306 e. The van der Waals surface area contributed by atoms with Gasteiger partial charge < -0.3 is 10.2 Å². The standard InChI is InChI=1S/C9H16O3/c1-6(9(11)12)7-4-2-3-5-8(7)10/h6-8,10H,2-5H2,1H3,(H,11,12)/t6-,7?,8+/m0/s1. The van der Waals surface area contributed by atoms with Gasteiger partial charge in [0.05, 0.1) is 12.0 Å². The van der Waals surface area contributed by atoms with Gasteiger partial charge in [-0.1, -0.05) is 19.8 Å². The van der Waals surface area contributed by atoms with Crippen molar-refractivity contribution in [1.82, 2.24) is 0 Å². The zero-order valence-corrected chi connectivity index (χ0v) is 7.36. The molecule has 1 aliphatic rings. The summed E-state index contributed by atoms with van der Waals surface area (Å²) in [5.41, 5.74) is 0. The molecule has 1 aliphatic carbocycles. The van der Waals surface area contributed by atoms with Crippen LogP contribution in [0.5, 0.6) is 0 Å². The number of hydrogen-bond acceptors (Lipinski definition) is 2. The van der Waals surface area contributed by atoms with Crippen molar-refractivity contribution in [3.05, 3.63) is 0 Å². The third-order valence-corrected chi connectivity index (χ3v) is 2.81. The van der Waals surface area contributed by atoms with E-state index in [9.17, 15) is 9.90 Å². The van der Waals surface area contributed by atoms with Crippen LogP contribution in [0.25, 0.3) is 0 Å². The summed E-state index contributed by atoms with van der Waals surface area (Å²) in [6.45, 7) is 1.68. The predicted molar refractivity (Wildman–Crippen MR) is 44.8 cm³/mol. The fourth-order valence-corrected chi connectivity index (χ4v) is 1.91. The quantitative estimate of drug-likeness (QED) is 0.659. The number of carboxylic acids is 1. The van der Waals surface area contributed by atoms with Crippen LogP contribution in [0, 0.1) is 11.8 Å². The Hall–Kier alpha value is -0.570. The maximum absolute atomic E-state index is 10.6. The molecule has 1 saturated carbocycles. The summed E-state index contributed by atoms with van der Waals surface area (Å²) in [7, 11) is 0. The molecule has 70 valence electrons. The van der Waals surface area contributed by atoms with Crippen LogP contribution in [0.2, 0.25) is 0 Å². The Morgan fingerprint density at radius 3 is 2.50 bits per heavy atom. The summed E-state index contributed by atoms with van der Waals surface area (Å²) in [6.07, 6.45) is 3.31. The van der Waals surface area contributed by atoms with E-state index in [-0.39, 0.29) is 5.92 Å². The molecule has 0 aromatic rings. The Labute approximate surface area is 72.4 Å². The Balaban J connectivity index is 2.53. The van der Waals surface area contributed by atoms with E-state index in [1.54, 1.807) is 6.92 Å². The molecule has 0 bridgehead atoms. The number of hydrogen-bond donors (Lipinski definition) is 2. The zero-order chi connectivity index (χ0) is 9.14. The molecule has 0 aromatic heterocycles. The summed E-state index contributed by atoms with van der Waals surface area (Å²) >= 11 is 0. The molecule has 0 radical (unpaired) electrons. The molecule has 0 aliphatic heterocycles. The van der Waals surface area contributed by atoms with Gasteiger partial charge in [0, 0.05) is 0 Å². The van der Waals surface area contributed by atoms with Crippen molar-refractivity contribution in [3.63, 3.8) is 0 Å². The molecule has 0 aromatic carbocycles. The third-order valence-electron chi connectivity index (χ3n) is 2.81. The molecule has 2 N–H and O–H groups in total. The molecule has 3 heteroatoms. The highest BCUT2D eigenvalue weighted by molar-refractivity contribution is 5.69. The maximum atomic E-state index is 10.6. The van der Waals surface area contributed by atoms with Crippen LogP contribution in [0.4, 0.5) is 0 Å². The highest BCUT2D eigenvalue weighted by atomic mass is 16.4. The van der Waals surface area contributed by atoms with E-state index in [1.807, 2.05) is 0 Å². The number of rotatable bonds is 2. The molecule has 1 rings (SSSR count). The molecule has 1 fully saturated rings. The molecular formula is C9H16O3. The minimum atomic E-state index is -0.791. The molecule has 3 atom stereocenters. The van der Waals surface area contributed by atoms with E-state index in [0.717, 1.165) is 25.7 Å². The molecule has 3 nitrogen and oxygen atoms in total. The van der Waals surface area contributed by atoms with Crippen LogP contribution in [0.3, 0.4) is 0 Å². The van der Waals surface area contributed by atoms with E-state index >= 15 is 0 Å². The van der Waals surface area contributed by atoms with E-state index < -0.39 is 18.0 Å². The lowest BCUT2D eigenvalue weighted by atomic mass is 9.79. The SMILES string of the molecule is C[C@H](C(=O)O)C1CCCC[C@H]1O. The Morgan fingerprint density at radius 1 is 1.42 bits per heavy atom. The van der Waals surface area contributed by atoms with Crippen molar-refractivity contribution >= 4 is 5.97 Å². The number of carboxylic acid groups (broad SMARTS) is 1. The fourth-order valence-electron chi connectivity index (χ4n) is 1.91. The lowest BCUT2D eigenvalue weighted by Crippen LogP contribution is -2.33. The normalized spacial score (nSPS) is 32.8. The zero-order valence-electron chi connectivity index (χ0n) is 7.36. The summed E-state index contributed by atoms with van der Waals surface area (Å²) < 4.78 is 0. The van der Waals surface area contributed by atoms with Gasteiger partial charge in [-0.2, -0.15) is 0 Å². The van der Waals surface area contributed by atoms with Crippen molar-refractivity contribution in [3.8, 4) is 0 Å². The number of aliphatic hydroxyl groups is 1. The highest BCUT2D eigenvalue weighted by Gasteiger charge is 2.31. The van der Waals surface area contributed by atoms with E-state index in [4.69, 9.17) is 5.11 Å². The van der Waals surface area contributed by atoms with Gasteiger partial charge in [0.1, 0.15) is 0 Å². The van der Waals surface area contributed by atoms with Crippen molar-refractivity contribution in [2.75, 3.05) is 0 Å². The minimum Gasteiger partial charge on any atom is -0.481 e. The first-order chi connectivity index (χ1) is 5.63. The average molecular weight is 172 g/mol. The lowest BCUT2D eigenvalue weighted by Gasteiger charge is -2.30. The fraction of sp³-hybridized carbons (Fsp3) is 0.889. The van der Waals surface area contributed by atoms with E-state index in [2.05, 4.69) is 0 Å². The van der Waals surface area contributed by atoms with Gasteiger partial charge in [0.2, 0.25) is 0 Å². The topological polar surface area (TPSA) is 57.5 Å². The summed E-state index contributed by atoms with van der Waals surface area (Å²) in [5.74, 6) is -1.22. The number of carbonyl (C=O) groups is 1. The van der Waals surface area contributed by atoms with Gasteiger partial charge in [-0.25, -0.2) is 0 Å². The van der Waals surface area contributed by atoms with Crippen LogP contribution in [-0.4, -0.2) is 22.3 Å². The van der Waals surface area contributed by atoms with Crippen molar-refractivity contribution in [1.29, 1.82) is 0 Å². The molecule has 0 heterocycles. The molecule has 0 spiro atoms. The molecule has 0 saturated heterocycles. The van der Waals surface area contributed by atoms with Crippen LogP contribution >= 0.6 is 0 Å². The Morgan fingerprint density at radius 2 is 2.00 bits per heavy atom. The second-order valence-electron chi connectivity index (χ2n) is 3.64. The largest absolute Gasteiger partial charge is 0.481 e. The molecular weight excluding hydrogens is 156 g/mol. The van der Waals surface area contributed by atoms with Crippen molar-refractivity contribution in [2.45, 2.75) is 38.7 Å². The minimum absolute atomic E-state index is 0.0313. The summed E-state index contributed by atoms with van der Waals surface area (Å²) in [5, 5.41) is 18.3. The first kappa shape index (κ1) is 9.52. The average Bonchev–Trinajstić information content (AvgIpc) is 2.04. The first-order valence-electron chi connectivity index (χ1n) is 4.54. The Bertz CT molecular complexity index is 167.